The van der Waals surface area contributed by atoms with Gasteiger partial charge in [0, 0.05) is 13.6 Å². The van der Waals surface area contributed by atoms with Crippen molar-refractivity contribution in [2.45, 2.75) is 6.54 Å². The molecule has 1 heterocycles. The normalized spacial score (nSPS) is 10.3. The van der Waals surface area contributed by atoms with Gasteiger partial charge in [0.15, 0.2) is 11.5 Å². The second kappa shape index (κ2) is 8.16. The van der Waals surface area contributed by atoms with Crippen LogP contribution >= 0.6 is 27.3 Å². The molecule has 0 radical (unpaired) electrons. The van der Waals surface area contributed by atoms with Crippen LogP contribution in [0.3, 0.4) is 0 Å². The summed E-state index contributed by atoms with van der Waals surface area (Å²) >= 11 is 4.63. The van der Waals surface area contributed by atoms with Crippen LogP contribution in [0, 0.1) is 0 Å². The Morgan fingerprint density at radius 3 is 2.71 bits per heavy atom. The van der Waals surface area contributed by atoms with E-state index in [2.05, 4.69) is 21.2 Å². The first-order chi connectivity index (χ1) is 11.4. The highest BCUT2D eigenvalue weighted by Gasteiger charge is 2.16. The Kier molecular flexibility index (Phi) is 6.22. The van der Waals surface area contributed by atoms with Crippen molar-refractivity contribution in [3.63, 3.8) is 0 Å². The van der Waals surface area contributed by atoms with E-state index < -0.39 is 0 Å². The number of benzene rings is 1. The molecule has 0 atom stereocenters. The van der Waals surface area contributed by atoms with E-state index in [1.54, 1.807) is 31.3 Å². The number of hydrogen-bond acceptors (Lipinski definition) is 5. The van der Waals surface area contributed by atoms with Crippen LogP contribution in [0.25, 0.3) is 0 Å². The molecular formula is C16H17BrN2O4S. The number of thiophene rings is 1. The lowest BCUT2D eigenvalue weighted by molar-refractivity contribution is -0.121. The summed E-state index contributed by atoms with van der Waals surface area (Å²) < 4.78 is 5.89. The van der Waals surface area contributed by atoms with Crippen molar-refractivity contribution >= 4 is 39.1 Å². The fourth-order valence-corrected chi connectivity index (χ4v) is 3.37. The van der Waals surface area contributed by atoms with Gasteiger partial charge in [-0.2, -0.15) is 0 Å². The van der Waals surface area contributed by atoms with Gasteiger partial charge in [-0.1, -0.05) is 6.07 Å². The molecule has 6 nitrogen and oxygen atoms in total. The van der Waals surface area contributed by atoms with Gasteiger partial charge in [-0.3, -0.25) is 9.59 Å². The van der Waals surface area contributed by atoms with E-state index in [1.807, 2.05) is 0 Å². The molecular weight excluding hydrogens is 396 g/mol. The average Bonchev–Trinajstić information content (AvgIpc) is 2.99. The van der Waals surface area contributed by atoms with Crippen LogP contribution in [0.4, 0.5) is 0 Å². The number of rotatable bonds is 6. The second-order valence-electron chi connectivity index (χ2n) is 5.05. The Labute approximate surface area is 152 Å². The molecule has 2 aromatic rings. The number of nitrogens with one attached hydrogen (secondary N) is 1. The molecule has 0 saturated carbocycles. The van der Waals surface area contributed by atoms with Crippen LogP contribution in [0.15, 0.2) is 34.1 Å². The lowest BCUT2D eigenvalue weighted by Gasteiger charge is -2.16. The zero-order valence-corrected chi connectivity index (χ0v) is 15.6. The first-order valence-corrected chi connectivity index (χ1v) is 8.65. The zero-order chi connectivity index (χ0) is 17.7. The summed E-state index contributed by atoms with van der Waals surface area (Å²) in [4.78, 5) is 26.1. The quantitative estimate of drug-likeness (QED) is 0.763. The number of carbonyl (C=O) groups is 2. The maximum absolute atomic E-state index is 12.2. The van der Waals surface area contributed by atoms with Crippen molar-refractivity contribution in [2.24, 2.45) is 0 Å². The summed E-state index contributed by atoms with van der Waals surface area (Å²) in [5, 5.41) is 12.3. The van der Waals surface area contributed by atoms with Gasteiger partial charge in [-0.05, 0) is 45.8 Å². The van der Waals surface area contributed by atoms with Crippen LogP contribution < -0.4 is 10.1 Å². The molecule has 128 valence electrons. The van der Waals surface area contributed by atoms with E-state index in [4.69, 9.17) is 4.74 Å². The highest BCUT2D eigenvalue weighted by atomic mass is 79.9. The lowest BCUT2D eigenvalue weighted by atomic mass is 10.2. The Balaban J connectivity index is 1.87. The molecule has 0 spiro atoms. The van der Waals surface area contributed by atoms with Gasteiger partial charge in [0.05, 0.1) is 22.3 Å². The third kappa shape index (κ3) is 4.72. The largest absolute Gasteiger partial charge is 0.504 e. The number of halogens is 1. The summed E-state index contributed by atoms with van der Waals surface area (Å²) in [5.74, 6) is -0.0852. The number of likely N-dealkylation sites (N-methyl/N-ethyl adjacent to an activating group) is 1. The molecule has 8 heteroatoms. The summed E-state index contributed by atoms with van der Waals surface area (Å²) in [5.41, 5.74) is 0.786. The smallest absolute Gasteiger partial charge is 0.264 e. The molecule has 24 heavy (non-hydrogen) atoms. The van der Waals surface area contributed by atoms with E-state index in [0.29, 0.717) is 10.6 Å². The maximum atomic E-state index is 12.2. The fourth-order valence-electron chi connectivity index (χ4n) is 1.99. The van der Waals surface area contributed by atoms with Crippen LogP contribution in [0.2, 0.25) is 0 Å². The standard InChI is InChI=1S/C16H17BrN2O4S/c1-19(16(22)13-5-6-14(17)24-13)9-15(21)18-8-10-3-4-11(20)12(7-10)23-2/h3-7,20H,8-9H2,1-2H3,(H,18,21). The molecule has 1 aromatic carbocycles. The fraction of sp³-hybridized carbons (Fsp3) is 0.250. The van der Waals surface area contributed by atoms with Crippen molar-refractivity contribution in [2.75, 3.05) is 20.7 Å². The minimum atomic E-state index is -0.270. The molecule has 1 aromatic heterocycles. The topological polar surface area (TPSA) is 78.9 Å². The highest BCUT2D eigenvalue weighted by Crippen LogP contribution is 2.26. The molecule has 0 fully saturated rings. The number of aromatic hydroxyl groups is 1. The van der Waals surface area contributed by atoms with Gasteiger partial charge in [0.25, 0.3) is 5.91 Å². The van der Waals surface area contributed by atoms with Gasteiger partial charge < -0.3 is 20.1 Å². The number of phenolic OH excluding ortho intramolecular Hbond substituents is 1. The third-order valence-electron chi connectivity index (χ3n) is 3.25. The van der Waals surface area contributed by atoms with Crippen molar-refractivity contribution in [1.29, 1.82) is 0 Å². The van der Waals surface area contributed by atoms with Crippen LogP contribution in [-0.4, -0.2) is 42.5 Å². The molecule has 2 rings (SSSR count). The second-order valence-corrected chi connectivity index (χ2v) is 7.51. The number of ether oxygens (including phenoxy) is 1. The van der Waals surface area contributed by atoms with E-state index in [9.17, 15) is 14.7 Å². The van der Waals surface area contributed by atoms with Gasteiger partial charge in [0.1, 0.15) is 0 Å². The summed E-state index contributed by atoms with van der Waals surface area (Å²) in [6.45, 7) is 0.242. The first kappa shape index (κ1) is 18.3. The number of hydrogen-bond donors (Lipinski definition) is 2. The van der Waals surface area contributed by atoms with Gasteiger partial charge in [0.2, 0.25) is 5.91 Å². The number of methoxy groups -OCH3 is 1. The predicted molar refractivity (Wildman–Crippen MR) is 95.5 cm³/mol. The molecule has 0 bridgehead atoms. The molecule has 0 aliphatic rings. The van der Waals surface area contributed by atoms with Crippen molar-refractivity contribution in [3.05, 3.63) is 44.6 Å². The summed E-state index contributed by atoms with van der Waals surface area (Å²) in [7, 11) is 3.04. The monoisotopic (exact) mass is 412 g/mol. The van der Waals surface area contributed by atoms with E-state index in [0.717, 1.165) is 9.35 Å². The molecule has 0 aliphatic heterocycles. The van der Waals surface area contributed by atoms with Crippen LogP contribution in [-0.2, 0) is 11.3 Å². The third-order valence-corrected chi connectivity index (χ3v) is 4.86. The van der Waals surface area contributed by atoms with Crippen molar-refractivity contribution in [1.82, 2.24) is 10.2 Å². The first-order valence-electron chi connectivity index (χ1n) is 7.04. The van der Waals surface area contributed by atoms with Gasteiger partial charge in [-0.25, -0.2) is 0 Å². The molecule has 2 amide bonds. The predicted octanol–water partition coefficient (Wildman–Crippen LogP) is 2.61. The summed E-state index contributed by atoms with van der Waals surface area (Å²) in [6.07, 6.45) is 0. The van der Waals surface area contributed by atoms with E-state index in [-0.39, 0.29) is 30.7 Å². The molecule has 0 saturated heterocycles. The number of amides is 2. The number of nitrogens with zero attached hydrogens (tertiary/aromatic N) is 1. The minimum absolute atomic E-state index is 0.0381. The van der Waals surface area contributed by atoms with Crippen LogP contribution in [0.5, 0.6) is 11.5 Å². The molecule has 0 aliphatic carbocycles. The Hall–Kier alpha value is -2.06. The number of phenols is 1. The van der Waals surface area contributed by atoms with E-state index in [1.165, 1.54) is 29.4 Å². The van der Waals surface area contributed by atoms with Gasteiger partial charge >= 0.3 is 0 Å². The highest BCUT2D eigenvalue weighted by molar-refractivity contribution is 9.11. The Bertz CT molecular complexity index is 747. The Morgan fingerprint density at radius 2 is 2.08 bits per heavy atom. The van der Waals surface area contributed by atoms with Crippen molar-refractivity contribution in [3.8, 4) is 11.5 Å². The summed E-state index contributed by atoms with van der Waals surface area (Å²) in [6, 6.07) is 8.35. The average molecular weight is 413 g/mol. The lowest BCUT2D eigenvalue weighted by Crippen LogP contribution is -2.37. The van der Waals surface area contributed by atoms with Crippen LogP contribution in [0.1, 0.15) is 15.2 Å². The Morgan fingerprint density at radius 1 is 1.33 bits per heavy atom. The molecule has 2 N–H and O–H groups in total. The SMILES string of the molecule is COc1cc(CNC(=O)CN(C)C(=O)c2ccc(Br)s2)ccc1O. The minimum Gasteiger partial charge on any atom is -0.504 e. The maximum Gasteiger partial charge on any atom is 0.264 e. The number of carbonyl (C=O) groups excluding carboxylic acids is 2. The van der Waals surface area contributed by atoms with Crippen molar-refractivity contribution < 1.29 is 19.4 Å². The van der Waals surface area contributed by atoms with E-state index >= 15 is 0 Å². The molecule has 0 unspecified atom stereocenters. The van der Waals surface area contributed by atoms with Gasteiger partial charge in [-0.15, -0.1) is 11.3 Å². The zero-order valence-electron chi connectivity index (χ0n) is 13.2.